The lowest BCUT2D eigenvalue weighted by Gasteiger charge is -2.08. The van der Waals surface area contributed by atoms with E-state index in [1.807, 2.05) is 0 Å². The molecule has 0 aliphatic heterocycles. The lowest BCUT2D eigenvalue weighted by atomic mass is 10.2. The molecule has 0 fully saturated rings. The van der Waals surface area contributed by atoms with Crippen LogP contribution in [0.25, 0.3) is 0 Å². The zero-order valence-electron chi connectivity index (χ0n) is 10.8. The van der Waals surface area contributed by atoms with E-state index in [-0.39, 0.29) is 17.0 Å². The van der Waals surface area contributed by atoms with Crippen LogP contribution in [-0.4, -0.2) is 45.0 Å². The SMILES string of the molecule is COC(=O)c1cc(NCCCS(C)(=O)=O)ncc1N. The summed E-state index contributed by atoms with van der Waals surface area (Å²) >= 11 is 0. The third kappa shape index (κ3) is 5.12. The highest BCUT2D eigenvalue weighted by Crippen LogP contribution is 2.15. The van der Waals surface area contributed by atoms with Gasteiger partial charge in [0.2, 0.25) is 0 Å². The summed E-state index contributed by atoms with van der Waals surface area (Å²) in [5.74, 6) is 0.000866. The highest BCUT2D eigenvalue weighted by atomic mass is 32.2. The van der Waals surface area contributed by atoms with E-state index in [2.05, 4.69) is 15.0 Å². The van der Waals surface area contributed by atoms with Crippen molar-refractivity contribution in [3.8, 4) is 0 Å². The molecular weight excluding hydrogens is 270 g/mol. The van der Waals surface area contributed by atoms with Crippen molar-refractivity contribution in [1.29, 1.82) is 0 Å². The number of aromatic nitrogens is 1. The molecule has 0 amide bonds. The summed E-state index contributed by atoms with van der Waals surface area (Å²) in [5, 5.41) is 2.92. The van der Waals surface area contributed by atoms with Crippen molar-refractivity contribution in [1.82, 2.24) is 4.98 Å². The molecule has 0 aliphatic rings. The third-order valence-corrected chi connectivity index (χ3v) is 3.37. The van der Waals surface area contributed by atoms with Gasteiger partial charge >= 0.3 is 5.97 Å². The third-order valence-electron chi connectivity index (χ3n) is 2.34. The zero-order chi connectivity index (χ0) is 14.5. The van der Waals surface area contributed by atoms with Gasteiger partial charge in [0.05, 0.1) is 30.3 Å². The predicted molar refractivity (Wildman–Crippen MR) is 72.8 cm³/mol. The fourth-order valence-corrected chi connectivity index (χ4v) is 2.07. The van der Waals surface area contributed by atoms with Crippen molar-refractivity contribution in [2.24, 2.45) is 0 Å². The lowest BCUT2D eigenvalue weighted by Crippen LogP contribution is -2.12. The Labute approximate surface area is 112 Å². The van der Waals surface area contributed by atoms with Crippen LogP contribution in [0.2, 0.25) is 0 Å². The average molecular weight is 287 g/mol. The van der Waals surface area contributed by atoms with Gasteiger partial charge in [-0.05, 0) is 12.5 Å². The Morgan fingerprint density at radius 2 is 2.21 bits per heavy atom. The molecule has 106 valence electrons. The molecule has 1 heterocycles. The van der Waals surface area contributed by atoms with Gasteiger partial charge in [-0.1, -0.05) is 0 Å². The van der Waals surface area contributed by atoms with Gasteiger partial charge in [-0.15, -0.1) is 0 Å². The highest BCUT2D eigenvalue weighted by molar-refractivity contribution is 7.90. The monoisotopic (exact) mass is 287 g/mol. The molecule has 1 aromatic rings. The van der Waals surface area contributed by atoms with E-state index in [1.165, 1.54) is 25.6 Å². The van der Waals surface area contributed by atoms with Gasteiger partial charge in [0.15, 0.2) is 0 Å². The van der Waals surface area contributed by atoms with E-state index in [1.54, 1.807) is 0 Å². The number of anilines is 2. The average Bonchev–Trinajstić information content (AvgIpc) is 2.34. The second-order valence-electron chi connectivity index (χ2n) is 4.06. The van der Waals surface area contributed by atoms with Gasteiger partial charge in [0.1, 0.15) is 15.7 Å². The van der Waals surface area contributed by atoms with E-state index in [4.69, 9.17) is 5.73 Å². The topological polar surface area (TPSA) is 111 Å². The van der Waals surface area contributed by atoms with E-state index >= 15 is 0 Å². The molecule has 0 spiro atoms. The number of hydrogen-bond acceptors (Lipinski definition) is 7. The molecule has 3 N–H and O–H groups in total. The predicted octanol–water partition coefficient (Wildman–Crippen LogP) is 0.297. The Hall–Kier alpha value is -1.83. The first-order chi connectivity index (χ1) is 8.83. The summed E-state index contributed by atoms with van der Waals surface area (Å²) in [6, 6.07) is 1.47. The number of nitrogens with one attached hydrogen (secondary N) is 1. The number of methoxy groups -OCH3 is 1. The number of carbonyl (C=O) groups excluding carboxylic acids is 1. The van der Waals surface area contributed by atoms with Crippen LogP contribution >= 0.6 is 0 Å². The minimum atomic E-state index is -2.97. The number of nitrogen functional groups attached to an aromatic ring is 1. The summed E-state index contributed by atoms with van der Waals surface area (Å²) in [6.07, 6.45) is 2.99. The second-order valence-corrected chi connectivity index (χ2v) is 6.32. The normalized spacial score (nSPS) is 11.1. The maximum absolute atomic E-state index is 11.4. The molecule has 8 heteroatoms. The molecule has 19 heavy (non-hydrogen) atoms. The standard InChI is InChI=1S/C11H17N3O4S/c1-18-11(15)8-6-10(14-7-9(8)12)13-4-3-5-19(2,16)17/h6-7H,3-5,12H2,1-2H3,(H,13,14). The zero-order valence-corrected chi connectivity index (χ0v) is 11.7. The van der Waals surface area contributed by atoms with E-state index in [0.29, 0.717) is 18.8 Å². The van der Waals surface area contributed by atoms with Crippen molar-refractivity contribution in [2.45, 2.75) is 6.42 Å². The number of carbonyl (C=O) groups is 1. The largest absolute Gasteiger partial charge is 0.465 e. The number of ether oxygens (including phenoxy) is 1. The van der Waals surface area contributed by atoms with Crippen molar-refractivity contribution in [3.63, 3.8) is 0 Å². The van der Waals surface area contributed by atoms with Crippen molar-refractivity contribution < 1.29 is 17.9 Å². The molecule has 0 saturated carbocycles. The molecular formula is C11H17N3O4S. The van der Waals surface area contributed by atoms with Crippen LogP contribution in [-0.2, 0) is 14.6 Å². The van der Waals surface area contributed by atoms with Crippen LogP contribution < -0.4 is 11.1 Å². The number of hydrogen-bond donors (Lipinski definition) is 2. The molecule has 1 aromatic heterocycles. The molecule has 0 aromatic carbocycles. The molecule has 1 rings (SSSR count). The minimum absolute atomic E-state index is 0.0961. The van der Waals surface area contributed by atoms with Crippen molar-refractivity contribution in [2.75, 3.05) is 36.7 Å². The van der Waals surface area contributed by atoms with Crippen molar-refractivity contribution >= 4 is 27.3 Å². The Bertz CT molecular complexity index is 557. The Morgan fingerprint density at radius 1 is 1.53 bits per heavy atom. The molecule has 0 bridgehead atoms. The fraction of sp³-hybridized carbons (Fsp3) is 0.455. The maximum atomic E-state index is 11.4. The molecule has 7 nitrogen and oxygen atoms in total. The summed E-state index contributed by atoms with van der Waals surface area (Å²) in [6.45, 7) is 0.435. The van der Waals surface area contributed by atoms with E-state index in [0.717, 1.165) is 0 Å². The summed E-state index contributed by atoms with van der Waals surface area (Å²) in [7, 11) is -1.70. The van der Waals surface area contributed by atoms with Crippen LogP contribution in [0.4, 0.5) is 11.5 Å². The first-order valence-corrected chi connectivity index (χ1v) is 7.65. The smallest absolute Gasteiger partial charge is 0.340 e. The highest BCUT2D eigenvalue weighted by Gasteiger charge is 2.11. The fourth-order valence-electron chi connectivity index (χ4n) is 1.40. The Balaban J connectivity index is 2.62. The maximum Gasteiger partial charge on any atom is 0.340 e. The number of pyridine rings is 1. The van der Waals surface area contributed by atoms with Crippen LogP contribution in [0, 0.1) is 0 Å². The van der Waals surface area contributed by atoms with Gasteiger partial charge in [-0.25, -0.2) is 18.2 Å². The molecule has 0 saturated heterocycles. The van der Waals surface area contributed by atoms with Gasteiger partial charge in [0, 0.05) is 12.8 Å². The quantitative estimate of drug-likeness (QED) is 0.571. The number of sulfone groups is 1. The van der Waals surface area contributed by atoms with Gasteiger partial charge in [0.25, 0.3) is 0 Å². The molecule has 0 radical (unpaired) electrons. The van der Waals surface area contributed by atoms with Crippen LogP contribution in [0.5, 0.6) is 0 Å². The van der Waals surface area contributed by atoms with Crippen LogP contribution in [0.15, 0.2) is 12.3 Å². The van der Waals surface area contributed by atoms with E-state index < -0.39 is 15.8 Å². The summed E-state index contributed by atoms with van der Waals surface area (Å²) < 4.78 is 26.5. The van der Waals surface area contributed by atoms with Crippen LogP contribution in [0.1, 0.15) is 16.8 Å². The molecule has 0 unspecified atom stereocenters. The second kappa shape index (κ2) is 6.37. The number of nitrogens with zero attached hydrogens (tertiary/aromatic N) is 1. The Morgan fingerprint density at radius 3 is 2.79 bits per heavy atom. The molecule has 0 atom stereocenters. The lowest BCUT2D eigenvalue weighted by molar-refractivity contribution is 0.0602. The number of rotatable bonds is 6. The minimum Gasteiger partial charge on any atom is -0.465 e. The molecule has 0 aliphatic carbocycles. The van der Waals surface area contributed by atoms with Gasteiger partial charge in [-0.3, -0.25) is 0 Å². The van der Waals surface area contributed by atoms with Gasteiger partial charge < -0.3 is 15.8 Å². The first kappa shape index (κ1) is 15.2. The number of nitrogens with two attached hydrogens (primary N) is 1. The summed E-state index contributed by atoms with van der Waals surface area (Å²) in [5.41, 5.74) is 6.06. The van der Waals surface area contributed by atoms with Crippen LogP contribution in [0.3, 0.4) is 0 Å². The van der Waals surface area contributed by atoms with E-state index in [9.17, 15) is 13.2 Å². The number of esters is 1. The Kier molecular flexibility index (Phi) is 5.11. The first-order valence-electron chi connectivity index (χ1n) is 5.59. The van der Waals surface area contributed by atoms with Gasteiger partial charge in [-0.2, -0.15) is 0 Å². The van der Waals surface area contributed by atoms with Crippen molar-refractivity contribution in [3.05, 3.63) is 17.8 Å². The summed E-state index contributed by atoms with van der Waals surface area (Å²) in [4.78, 5) is 15.4.